The SMILES string of the molecule is NC(=O)CC[C@@H](NC(=O)OCC1c2ccccc2-c2ccccc21)C(=O)Oc1c(F)c(F)c(F)c(F)c1F. The molecule has 12 heteroatoms. The Morgan fingerprint density at radius 1 is 0.816 bits per heavy atom. The van der Waals surface area contributed by atoms with E-state index in [4.69, 9.17) is 10.5 Å². The lowest BCUT2D eigenvalue weighted by molar-refractivity contribution is -0.137. The van der Waals surface area contributed by atoms with Gasteiger partial charge in [0.05, 0.1) is 0 Å². The number of nitrogens with two attached hydrogens (primary N) is 1. The third kappa shape index (κ3) is 5.15. The topological polar surface area (TPSA) is 108 Å². The van der Waals surface area contributed by atoms with Crippen LogP contribution in [0.4, 0.5) is 26.7 Å². The highest BCUT2D eigenvalue weighted by Gasteiger charge is 2.33. The smallest absolute Gasteiger partial charge is 0.407 e. The van der Waals surface area contributed by atoms with Crippen LogP contribution in [-0.2, 0) is 14.3 Å². The Bertz CT molecular complexity index is 1360. The van der Waals surface area contributed by atoms with Crippen LogP contribution >= 0.6 is 0 Å². The van der Waals surface area contributed by atoms with E-state index in [1.54, 1.807) is 0 Å². The maximum absolute atomic E-state index is 14.0. The largest absolute Gasteiger partial charge is 0.449 e. The molecule has 0 heterocycles. The van der Waals surface area contributed by atoms with Crippen LogP contribution in [0.2, 0.25) is 0 Å². The molecule has 3 aromatic carbocycles. The number of amides is 2. The van der Waals surface area contributed by atoms with E-state index in [1.165, 1.54) is 0 Å². The Hall–Kier alpha value is -4.48. The Morgan fingerprint density at radius 3 is 1.84 bits per heavy atom. The number of ether oxygens (including phenoxy) is 2. The quantitative estimate of drug-likeness (QED) is 0.146. The van der Waals surface area contributed by atoms with Crippen molar-refractivity contribution in [3.8, 4) is 16.9 Å². The number of alkyl carbamates (subject to hydrolysis) is 1. The van der Waals surface area contributed by atoms with Crippen molar-refractivity contribution in [3.63, 3.8) is 0 Å². The van der Waals surface area contributed by atoms with Gasteiger partial charge in [0.15, 0.2) is 0 Å². The third-order valence-corrected chi connectivity index (χ3v) is 5.97. The number of carbonyl (C=O) groups excluding carboxylic acids is 3. The van der Waals surface area contributed by atoms with Crippen LogP contribution in [0.25, 0.3) is 11.1 Å². The molecule has 38 heavy (non-hydrogen) atoms. The summed E-state index contributed by atoms with van der Waals surface area (Å²) in [5.74, 6) is -16.6. The fourth-order valence-corrected chi connectivity index (χ4v) is 4.16. The summed E-state index contributed by atoms with van der Waals surface area (Å²) in [4.78, 5) is 36.3. The Labute approximate surface area is 212 Å². The number of primary amides is 1. The molecule has 0 aliphatic heterocycles. The van der Waals surface area contributed by atoms with E-state index in [0.717, 1.165) is 22.3 Å². The molecule has 4 rings (SSSR count). The lowest BCUT2D eigenvalue weighted by atomic mass is 9.98. The first kappa shape index (κ1) is 26.6. The van der Waals surface area contributed by atoms with E-state index in [9.17, 15) is 36.3 Å². The van der Waals surface area contributed by atoms with Crippen LogP contribution in [0, 0.1) is 29.1 Å². The zero-order valence-corrected chi connectivity index (χ0v) is 19.4. The molecular formula is C26H19F5N2O5. The first-order chi connectivity index (χ1) is 18.1. The fraction of sp³-hybridized carbons (Fsp3) is 0.192. The van der Waals surface area contributed by atoms with Gasteiger partial charge in [-0.05, 0) is 28.7 Å². The number of hydrogen-bond acceptors (Lipinski definition) is 5. The predicted molar refractivity (Wildman–Crippen MR) is 122 cm³/mol. The van der Waals surface area contributed by atoms with E-state index < -0.39 is 71.7 Å². The molecule has 0 saturated carbocycles. The van der Waals surface area contributed by atoms with Gasteiger partial charge in [-0.25, -0.2) is 22.8 Å². The summed E-state index contributed by atoms with van der Waals surface area (Å²) in [6.45, 7) is -0.158. The standard InChI is InChI=1S/C26H19F5N2O5/c27-19-20(28)22(30)24(23(31)21(19)29)38-25(35)17(9-10-18(32)34)33-26(36)37-11-16-14-7-3-1-5-12(14)13-6-2-4-8-15(13)16/h1-8,16-17H,9-11H2,(H2,32,34)(H,33,36)/t17-/m1/s1. The molecule has 7 nitrogen and oxygen atoms in total. The van der Waals surface area contributed by atoms with Crippen molar-refractivity contribution in [3.05, 3.63) is 88.7 Å². The minimum absolute atomic E-state index is 0.158. The van der Waals surface area contributed by atoms with Crippen molar-refractivity contribution in [1.29, 1.82) is 0 Å². The second kappa shape index (κ2) is 10.9. The van der Waals surface area contributed by atoms with Crippen LogP contribution in [0.3, 0.4) is 0 Å². The number of halogens is 5. The average molecular weight is 534 g/mol. The number of nitrogens with one attached hydrogen (secondary N) is 1. The Balaban J connectivity index is 1.49. The van der Waals surface area contributed by atoms with Crippen LogP contribution in [0.5, 0.6) is 5.75 Å². The molecule has 0 fully saturated rings. The first-order valence-corrected chi connectivity index (χ1v) is 11.2. The Kier molecular flexibility index (Phi) is 7.60. The normalized spacial score (nSPS) is 12.9. The van der Waals surface area contributed by atoms with E-state index in [-0.39, 0.29) is 12.5 Å². The average Bonchev–Trinajstić information content (AvgIpc) is 3.23. The second-order valence-electron chi connectivity index (χ2n) is 8.35. The van der Waals surface area contributed by atoms with E-state index in [0.29, 0.717) is 0 Å². The van der Waals surface area contributed by atoms with E-state index in [1.807, 2.05) is 48.5 Å². The summed E-state index contributed by atoms with van der Waals surface area (Å²) in [6, 6.07) is 13.2. The molecule has 3 aromatic rings. The monoisotopic (exact) mass is 534 g/mol. The summed E-state index contributed by atoms with van der Waals surface area (Å²) in [7, 11) is 0. The lowest BCUT2D eigenvalue weighted by Crippen LogP contribution is -2.44. The zero-order chi connectivity index (χ0) is 27.6. The maximum atomic E-state index is 14.0. The zero-order valence-electron chi connectivity index (χ0n) is 19.4. The van der Waals surface area contributed by atoms with Crippen molar-refractivity contribution in [2.45, 2.75) is 24.8 Å². The number of benzene rings is 3. The molecule has 0 aromatic heterocycles. The molecule has 1 aliphatic rings. The van der Waals surface area contributed by atoms with Crippen molar-refractivity contribution < 1.29 is 45.8 Å². The molecule has 1 atom stereocenters. The fourth-order valence-electron chi connectivity index (χ4n) is 4.16. The first-order valence-electron chi connectivity index (χ1n) is 11.2. The van der Waals surface area contributed by atoms with Gasteiger partial charge in [-0.15, -0.1) is 0 Å². The van der Waals surface area contributed by atoms with Gasteiger partial charge in [0, 0.05) is 12.3 Å². The second-order valence-corrected chi connectivity index (χ2v) is 8.35. The van der Waals surface area contributed by atoms with Gasteiger partial charge in [0.25, 0.3) is 0 Å². The lowest BCUT2D eigenvalue weighted by Gasteiger charge is -2.19. The molecule has 3 N–H and O–H groups in total. The summed E-state index contributed by atoms with van der Waals surface area (Å²) >= 11 is 0. The van der Waals surface area contributed by atoms with Gasteiger partial charge in [-0.1, -0.05) is 48.5 Å². The van der Waals surface area contributed by atoms with Crippen LogP contribution in [0.15, 0.2) is 48.5 Å². The van der Waals surface area contributed by atoms with Crippen molar-refractivity contribution in [2.24, 2.45) is 5.73 Å². The van der Waals surface area contributed by atoms with Crippen LogP contribution in [0.1, 0.15) is 29.9 Å². The number of carbonyl (C=O) groups is 3. The van der Waals surface area contributed by atoms with Gasteiger partial charge in [0.1, 0.15) is 12.6 Å². The van der Waals surface area contributed by atoms with Crippen LogP contribution < -0.4 is 15.8 Å². The van der Waals surface area contributed by atoms with Crippen molar-refractivity contribution in [1.82, 2.24) is 5.32 Å². The molecule has 198 valence electrons. The molecule has 2 amide bonds. The molecule has 0 unspecified atom stereocenters. The number of rotatable bonds is 8. The van der Waals surface area contributed by atoms with Gasteiger partial charge in [-0.2, -0.15) is 8.78 Å². The molecule has 1 aliphatic carbocycles. The van der Waals surface area contributed by atoms with Crippen LogP contribution in [-0.4, -0.2) is 30.6 Å². The highest BCUT2D eigenvalue weighted by Crippen LogP contribution is 2.44. The molecule has 0 spiro atoms. The van der Waals surface area contributed by atoms with Gasteiger partial charge in [-0.3, -0.25) is 4.79 Å². The van der Waals surface area contributed by atoms with E-state index >= 15 is 0 Å². The minimum Gasteiger partial charge on any atom is -0.449 e. The predicted octanol–water partition coefficient (Wildman–Crippen LogP) is 4.46. The summed E-state index contributed by atoms with van der Waals surface area (Å²) < 4.78 is 77.8. The summed E-state index contributed by atoms with van der Waals surface area (Å²) in [6.07, 6.45) is -2.15. The van der Waals surface area contributed by atoms with Gasteiger partial charge < -0.3 is 20.5 Å². The molecule has 0 radical (unpaired) electrons. The molecule has 0 bridgehead atoms. The van der Waals surface area contributed by atoms with Gasteiger partial charge >= 0.3 is 12.1 Å². The minimum atomic E-state index is -2.44. The number of fused-ring (bicyclic) bond motifs is 3. The van der Waals surface area contributed by atoms with Crippen molar-refractivity contribution >= 4 is 18.0 Å². The van der Waals surface area contributed by atoms with E-state index in [2.05, 4.69) is 10.1 Å². The maximum Gasteiger partial charge on any atom is 0.407 e. The summed E-state index contributed by atoms with van der Waals surface area (Å²) in [5.41, 5.74) is 8.79. The third-order valence-electron chi connectivity index (χ3n) is 5.97. The van der Waals surface area contributed by atoms with Gasteiger partial charge in [0.2, 0.25) is 40.7 Å². The Morgan fingerprint density at radius 2 is 1.32 bits per heavy atom. The molecular weight excluding hydrogens is 515 g/mol. The highest BCUT2D eigenvalue weighted by molar-refractivity contribution is 5.84. The molecule has 0 saturated heterocycles. The summed E-state index contributed by atoms with van der Waals surface area (Å²) in [5, 5.41) is 2.09. The highest BCUT2D eigenvalue weighted by atomic mass is 19.2. The number of esters is 1. The number of hydrogen-bond donors (Lipinski definition) is 2. The van der Waals surface area contributed by atoms with Crippen molar-refractivity contribution in [2.75, 3.05) is 6.61 Å².